The highest BCUT2D eigenvalue weighted by Gasteiger charge is 2.50. The van der Waals surface area contributed by atoms with Gasteiger partial charge in [-0.15, -0.1) is 0 Å². The van der Waals surface area contributed by atoms with Crippen molar-refractivity contribution in [1.82, 2.24) is 5.32 Å². The summed E-state index contributed by atoms with van der Waals surface area (Å²) in [6.45, 7) is 6.23. The van der Waals surface area contributed by atoms with E-state index in [1.54, 1.807) is 51.1 Å². The van der Waals surface area contributed by atoms with Crippen LogP contribution in [0.4, 0.5) is 4.79 Å². The summed E-state index contributed by atoms with van der Waals surface area (Å²) in [6, 6.07) is 8.63. The van der Waals surface area contributed by atoms with Gasteiger partial charge in [-0.3, -0.25) is 15.4 Å². The van der Waals surface area contributed by atoms with Crippen LogP contribution in [0.15, 0.2) is 30.3 Å². The van der Waals surface area contributed by atoms with Gasteiger partial charge in [0.05, 0.1) is 11.3 Å². The predicted molar refractivity (Wildman–Crippen MR) is 80.9 cm³/mol. The number of carbonyl (C=O) groups is 1. The van der Waals surface area contributed by atoms with Crippen molar-refractivity contribution in [2.45, 2.75) is 51.5 Å². The molecule has 0 aliphatic rings. The fraction of sp³-hybridized carbons (Fsp3) is 0.533. The van der Waals surface area contributed by atoms with Gasteiger partial charge >= 0.3 is 11.8 Å². The van der Waals surface area contributed by atoms with E-state index >= 15 is 0 Å². The molecule has 0 bridgehead atoms. The van der Waals surface area contributed by atoms with Gasteiger partial charge < -0.3 is 9.84 Å². The molecule has 0 spiro atoms. The SMILES string of the molecule is CC(O)C(Cc1ccccc1)(NC(=O)OC(C)(C)C)[N+](=O)[O-]. The molecule has 22 heavy (non-hydrogen) atoms. The summed E-state index contributed by atoms with van der Waals surface area (Å²) in [5.74, 6) is 0. The van der Waals surface area contributed by atoms with E-state index in [1.165, 1.54) is 6.92 Å². The zero-order valence-corrected chi connectivity index (χ0v) is 13.2. The van der Waals surface area contributed by atoms with E-state index < -0.39 is 28.4 Å². The van der Waals surface area contributed by atoms with Crippen molar-refractivity contribution in [3.63, 3.8) is 0 Å². The number of ether oxygens (including phenoxy) is 1. The van der Waals surface area contributed by atoms with Crippen LogP contribution in [0.1, 0.15) is 33.3 Å². The molecule has 0 heterocycles. The largest absolute Gasteiger partial charge is 0.444 e. The molecule has 0 aliphatic heterocycles. The van der Waals surface area contributed by atoms with Crippen LogP contribution in [0.2, 0.25) is 0 Å². The highest BCUT2D eigenvalue weighted by Crippen LogP contribution is 2.20. The minimum atomic E-state index is -2.05. The highest BCUT2D eigenvalue weighted by molar-refractivity contribution is 5.68. The summed E-state index contributed by atoms with van der Waals surface area (Å²) in [5, 5.41) is 23.7. The van der Waals surface area contributed by atoms with Crippen LogP contribution in [0.25, 0.3) is 0 Å². The van der Waals surface area contributed by atoms with Crippen LogP contribution in [0.3, 0.4) is 0 Å². The number of carbonyl (C=O) groups excluding carboxylic acids is 1. The molecule has 1 aromatic carbocycles. The second-order valence-electron chi connectivity index (χ2n) is 6.15. The Balaban J connectivity index is 3.06. The van der Waals surface area contributed by atoms with Crippen LogP contribution in [0.5, 0.6) is 0 Å². The summed E-state index contributed by atoms with van der Waals surface area (Å²) in [5.41, 5.74) is -2.22. The maximum atomic E-state index is 11.9. The molecular formula is C15H22N2O5. The molecule has 122 valence electrons. The number of amides is 1. The number of nitrogens with one attached hydrogen (secondary N) is 1. The fourth-order valence-corrected chi connectivity index (χ4v) is 1.95. The van der Waals surface area contributed by atoms with Crippen LogP contribution >= 0.6 is 0 Å². The van der Waals surface area contributed by atoms with E-state index in [4.69, 9.17) is 4.74 Å². The molecule has 1 aromatic rings. The average Bonchev–Trinajstić information content (AvgIpc) is 2.36. The van der Waals surface area contributed by atoms with Gasteiger partial charge in [0.2, 0.25) is 0 Å². The average molecular weight is 310 g/mol. The molecule has 0 saturated carbocycles. The molecule has 0 radical (unpaired) electrons. The Labute approximate surface area is 129 Å². The maximum Gasteiger partial charge on any atom is 0.413 e. The molecule has 0 fully saturated rings. The molecule has 1 rings (SSSR count). The highest BCUT2D eigenvalue weighted by atomic mass is 16.6. The molecule has 0 saturated heterocycles. The second kappa shape index (κ2) is 6.74. The smallest absolute Gasteiger partial charge is 0.413 e. The first-order valence-electron chi connectivity index (χ1n) is 6.94. The van der Waals surface area contributed by atoms with Gasteiger partial charge in [-0.2, -0.15) is 0 Å². The van der Waals surface area contributed by atoms with Crippen LogP contribution in [0, 0.1) is 10.1 Å². The number of nitrogens with zero attached hydrogens (tertiary/aromatic N) is 1. The number of rotatable bonds is 5. The molecule has 2 unspecified atom stereocenters. The maximum absolute atomic E-state index is 11.9. The Bertz CT molecular complexity index is 524. The molecule has 1 amide bonds. The number of aliphatic hydroxyl groups is 1. The van der Waals surface area contributed by atoms with Gasteiger partial charge in [-0.1, -0.05) is 30.3 Å². The van der Waals surface area contributed by atoms with Gasteiger partial charge in [0.15, 0.2) is 0 Å². The van der Waals surface area contributed by atoms with Crippen molar-refractivity contribution in [1.29, 1.82) is 0 Å². The molecular weight excluding hydrogens is 288 g/mol. The van der Waals surface area contributed by atoms with E-state index in [1.807, 2.05) is 0 Å². The van der Waals surface area contributed by atoms with Gasteiger partial charge in [0.1, 0.15) is 11.7 Å². The predicted octanol–water partition coefficient (Wildman–Crippen LogP) is 2.11. The van der Waals surface area contributed by atoms with Crippen molar-refractivity contribution >= 4 is 6.09 Å². The lowest BCUT2D eigenvalue weighted by Crippen LogP contribution is -2.63. The molecule has 2 atom stereocenters. The Kier molecular flexibility index (Phi) is 5.48. The number of alkyl carbamates (subject to hydrolysis) is 1. The van der Waals surface area contributed by atoms with Crippen molar-refractivity contribution in [3.8, 4) is 0 Å². The number of hydrogen-bond acceptors (Lipinski definition) is 5. The van der Waals surface area contributed by atoms with Crippen LogP contribution < -0.4 is 5.32 Å². The summed E-state index contributed by atoms with van der Waals surface area (Å²) in [7, 11) is 0. The van der Waals surface area contributed by atoms with Crippen LogP contribution in [-0.4, -0.2) is 33.5 Å². The zero-order chi connectivity index (χ0) is 17.0. The molecule has 7 heteroatoms. The van der Waals surface area contributed by atoms with Gasteiger partial charge in [-0.25, -0.2) is 4.79 Å². The van der Waals surface area contributed by atoms with E-state index in [9.17, 15) is 20.0 Å². The standard InChI is InChI=1S/C15H22N2O5/c1-11(18)15(17(20)21,10-12-8-6-5-7-9-12)16-13(19)22-14(2,3)4/h5-9,11,18H,10H2,1-4H3,(H,16,19). The van der Waals surface area contributed by atoms with E-state index in [2.05, 4.69) is 5.32 Å². The normalized spacial score (nSPS) is 15.5. The first-order chi connectivity index (χ1) is 10.1. The fourth-order valence-electron chi connectivity index (χ4n) is 1.95. The first-order valence-corrected chi connectivity index (χ1v) is 6.94. The third kappa shape index (κ3) is 4.70. The van der Waals surface area contributed by atoms with E-state index in [-0.39, 0.29) is 6.42 Å². The van der Waals surface area contributed by atoms with Crippen LogP contribution in [-0.2, 0) is 11.2 Å². The van der Waals surface area contributed by atoms with Gasteiger partial charge in [0.25, 0.3) is 0 Å². The Morgan fingerprint density at radius 3 is 2.32 bits per heavy atom. The second-order valence-corrected chi connectivity index (χ2v) is 6.15. The van der Waals surface area contributed by atoms with E-state index in [0.717, 1.165) is 0 Å². The Morgan fingerprint density at radius 1 is 1.36 bits per heavy atom. The summed E-state index contributed by atoms with van der Waals surface area (Å²) < 4.78 is 5.07. The van der Waals surface area contributed by atoms with Crippen molar-refractivity contribution < 1.29 is 19.6 Å². The third-order valence-corrected chi connectivity index (χ3v) is 3.05. The quantitative estimate of drug-likeness (QED) is 0.492. The summed E-state index contributed by atoms with van der Waals surface area (Å²) in [4.78, 5) is 22.8. The lowest BCUT2D eigenvalue weighted by Gasteiger charge is -2.30. The number of nitro groups is 1. The topological polar surface area (TPSA) is 102 Å². The lowest BCUT2D eigenvalue weighted by atomic mass is 9.95. The zero-order valence-electron chi connectivity index (χ0n) is 13.2. The Hall–Kier alpha value is -2.15. The lowest BCUT2D eigenvalue weighted by molar-refractivity contribution is -0.587. The number of hydrogen-bond donors (Lipinski definition) is 2. The van der Waals surface area contributed by atoms with Gasteiger partial charge in [0, 0.05) is 0 Å². The van der Waals surface area contributed by atoms with Gasteiger partial charge in [-0.05, 0) is 33.3 Å². The minimum Gasteiger partial charge on any atom is -0.444 e. The Morgan fingerprint density at radius 2 is 1.91 bits per heavy atom. The molecule has 0 aliphatic carbocycles. The van der Waals surface area contributed by atoms with Crippen molar-refractivity contribution in [3.05, 3.63) is 46.0 Å². The van der Waals surface area contributed by atoms with Crippen molar-refractivity contribution in [2.24, 2.45) is 0 Å². The van der Waals surface area contributed by atoms with E-state index in [0.29, 0.717) is 5.56 Å². The first kappa shape index (κ1) is 17.9. The number of benzene rings is 1. The monoisotopic (exact) mass is 310 g/mol. The molecule has 0 aromatic heterocycles. The minimum absolute atomic E-state index is 0.155. The molecule has 2 N–H and O–H groups in total. The van der Waals surface area contributed by atoms with Crippen molar-refractivity contribution in [2.75, 3.05) is 0 Å². The third-order valence-electron chi connectivity index (χ3n) is 3.05. The molecule has 7 nitrogen and oxygen atoms in total. The number of aliphatic hydroxyl groups excluding tert-OH is 1. The summed E-state index contributed by atoms with van der Waals surface area (Å²) in [6.07, 6.45) is -2.51. The summed E-state index contributed by atoms with van der Waals surface area (Å²) >= 11 is 0.